The SMILES string of the molecule is O=[N+]([O-])c1ccccc1S(=O)(=O)Oc1nc2ccccc2[nH]1. The molecule has 2 aromatic carbocycles. The molecule has 1 N–H and O–H groups in total. The molecular formula is C13H9N3O5S. The van der Waals surface area contributed by atoms with Crippen molar-refractivity contribution in [3.05, 3.63) is 58.6 Å². The second kappa shape index (κ2) is 5.11. The first-order valence-electron chi connectivity index (χ1n) is 6.10. The van der Waals surface area contributed by atoms with Crippen LogP contribution in [0.5, 0.6) is 6.01 Å². The van der Waals surface area contributed by atoms with Crippen LogP contribution < -0.4 is 4.18 Å². The average Bonchev–Trinajstić information content (AvgIpc) is 2.88. The van der Waals surface area contributed by atoms with Gasteiger partial charge in [-0.15, -0.1) is 0 Å². The fourth-order valence-corrected chi connectivity index (χ4v) is 2.96. The zero-order valence-electron chi connectivity index (χ0n) is 11.0. The van der Waals surface area contributed by atoms with Crippen LogP contribution in [-0.4, -0.2) is 23.3 Å². The summed E-state index contributed by atoms with van der Waals surface area (Å²) in [6, 6.07) is 11.6. The lowest BCUT2D eigenvalue weighted by molar-refractivity contribution is -0.387. The Hall–Kier alpha value is -2.94. The summed E-state index contributed by atoms with van der Waals surface area (Å²) in [5, 5.41) is 10.9. The molecule has 0 aliphatic heterocycles. The predicted octanol–water partition coefficient (Wildman–Crippen LogP) is 2.24. The fraction of sp³-hybridized carbons (Fsp3) is 0. The molecule has 9 heteroatoms. The minimum Gasteiger partial charge on any atom is -0.341 e. The molecule has 0 saturated carbocycles. The molecule has 0 bridgehead atoms. The highest BCUT2D eigenvalue weighted by Crippen LogP contribution is 2.26. The van der Waals surface area contributed by atoms with E-state index in [1.807, 2.05) is 0 Å². The summed E-state index contributed by atoms with van der Waals surface area (Å²) in [4.78, 5) is 16.3. The van der Waals surface area contributed by atoms with Crippen molar-refractivity contribution in [1.29, 1.82) is 0 Å². The van der Waals surface area contributed by atoms with Crippen molar-refractivity contribution in [1.82, 2.24) is 9.97 Å². The van der Waals surface area contributed by atoms with Crippen LogP contribution in [-0.2, 0) is 10.1 Å². The van der Waals surface area contributed by atoms with Crippen LogP contribution in [0.25, 0.3) is 11.0 Å². The molecule has 1 heterocycles. The summed E-state index contributed by atoms with van der Waals surface area (Å²) < 4.78 is 29.3. The number of nitro benzene ring substituents is 1. The van der Waals surface area contributed by atoms with Gasteiger partial charge in [-0.1, -0.05) is 24.3 Å². The Morgan fingerprint density at radius 3 is 2.50 bits per heavy atom. The largest absolute Gasteiger partial charge is 0.348 e. The van der Waals surface area contributed by atoms with E-state index >= 15 is 0 Å². The topological polar surface area (TPSA) is 115 Å². The van der Waals surface area contributed by atoms with Crippen molar-refractivity contribution in [2.75, 3.05) is 0 Å². The van der Waals surface area contributed by atoms with Gasteiger partial charge in [0.1, 0.15) is 0 Å². The Balaban J connectivity index is 2.02. The minimum atomic E-state index is -4.37. The van der Waals surface area contributed by atoms with E-state index in [0.29, 0.717) is 11.0 Å². The van der Waals surface area contributed by atoms with Crippen molar-refractivity contribution in [3.63, 3.8) is 0 Å². The average molecular weight is 319 g/mol. The van der Waals surface area contributed by atoms with Crippen molar-refractivity contribution in [2.45, 2.75) is 4.90 Å². The molecule has 3 aromatic rings. The van der Waals surface area contributed by atoms with Crippen molar-refractivity contribution >= 4 is 26.8 Å². The molecule has 0 aliphatic rings. The quantitative estimate of drug-likeness (QED) is 0.448. The summed E-state index contributed by atoms with van der Waals surface area (Å²) in [6.07, 6.45) is 0. The number of hydrogen-bond acceptors (Lipinski definition) is 6. The van der Waals surface area contributed by atoms with Gasteiger partial charge in [-0.2, -0.15) is 13.4 Å². The molecule has 3 rings (SSSR count). The number of rotatable bonds is 4. The predicted molar refractivity (Wildman–Crippen MR) is 77.0 cm³/mol. The number of aromatic nitrogens is 2. The van der Waals surface area contributed by atoms with Gasteiger partial charge in [-0.05, 0) is 18.2 Å². The molecular weight excluding hydrogens is 310 g/mol. The number of fused-ring (bicyclic) bond motifs is 1. The number of para-hydroxylation sites is 3. The van der Waals surface area contributed by atoms with E-state index in [1.165, 1.54) is 12.1 Å². The van der Waals surface area contributed by atoms with E-state index in [-0.39, 0.29) is 6.01 Å². The third-order valence-electron chi connectivity index (χ3n) is 2.89. The van der Waals surface area contributed by atoms with Crippen LogP contribution in [0.2, 0.25) is 0 Å². The second-order valence-electron chi connectivity index (χ2n) is 4.32. The van der Waals surface area contributed by atoms with E-state index in [1.54, 1.807) is 24.3 Å². The van der Waals surface area contributed by atoms with Crippen LogP contribution in [0.1, 0.15) is 0 Å². The Morgan fingerprint density at radius 1 is 1.09 bits per heavy atom. The van der Waals surface area contributed by atoms with E-state index < -0.39 is 25.6 Å². The molecule has 0 unspecified atom stereocenters. The third-order valence-corrected chi connectivity index (χ3v) is 4.15. The Bertz CT molecular complexity index is 931. The molecule has 0 atom stereocenters. The lowest BCUT2D eigenvalue weighted by Gasteiger charge is -2.04. The highest BCUT2D eigenvalue weighted by Gasteiger charge is 2.28. The number of hydrogen-bond donors (Lipinski definition) is 1. The van der Waals surface area contributed by atoms with Crippen molar-refractivity contribution in [3.8, 4) is 6.01 Å². The molecule has 0 fully saturated rings. The van der Waals surface area contributed by atoms with E-state index in [2.05, 4.69) is 9.97 Å². The number of H-pyrrole nitrogens is 1. The first-order chi connectivity index (χ1) is 10.5. The van der Waals surface area contributed by atoms with Gasteiger partial charge < -0.3 is 9.17 Å². The standard InChI is InChI=1S/C13H9N3O5S/c17-16(18)11-7-3-4-8-12(11)22(19,20)21-13-14-9-5-1-2-6-10(9)15-13/h1-8H,(H,14,15). The second-order valence-corrected chi connectivity index (χ2v) is 5.84. The normalized spacial score (nSPS) is 11.5. The monoisotopic (exact) mass is 319 g/mol. The van der Waals surface area contributed by atoms with Crippen LogP contribution >= 0.6 is 0 Å². The maximum absolute atomic E-state index is 12.2. The van der Waals surface area contributed by atoms with Gasteiger partial charge in [0, 0.05) is 6.07 Å². The number of aromatic amines is 1. The lowest BCUT2D eigenvalue weighted by Crippen LogP contribution is -2.12. The summed E-state index contributed by atoms with van der Waals surface area (Å²) in [5.74, 6) is 0. The van der Waals surface area contributed by atoms with Gasteiger partial charge in [-0.25, -0.2) is 0 Å². The van der Waals surface area contributed by atoms with E-state index in [0.717, 1.165) is 12.1 Å². The van der Waals surface area contributed by atoms with Gasteiger partial charge in [-0.3, -0.25) is 10.1 Å². The van der Waals surface area contributed by atoms with Crippen LogP contribution in [0.3, 0.4) is 0 Å². The molecule has 0 saturated heterocycles. The van der Waals surface area contributed by atoms with Crippen molar-refractivity contribution in [2.24, 2.45) is 0 Å². The van der Waals surface area contributed by atoms with Gasteiger partial charge >= 0.3 is 16.1 Å². The van der Waals surface area contributed by atoms with Gasteiger partial charge in [0.05, 0.1) is 16.0 Å². The highest BCUT2D eigenvalue weighted by atomic mass is 32.2. The first kappa shape index (κ1) is 14.0. The summed E-state index contributed by atoms with van der Waals surface area (Å²) >= 11 is 0. The van der Waals surface area contributed by atoms with E-state index in [4.69, 9.17) is 4.18 Å². The zero-order valence-corrected chi connectivity index (χ0v) is 11.8. The van der Waals surface area contributed by atoms with E-state index in [9.17, 15) is 18.5 Å². The van der Waals surface area contributed by atoms with Crippen LogP contribution in [0.15, 0.2) is 53.4 Å². The third kappa shape index (κ3) is 2.49. The molecule has 0 amide bonds. The lowest BCUT2D eigenvalue weighted by atomic mass is 10.3. The molecule has 112 valence electrons. The van der Waals surface area contributed by atoms with Crippen molar-refractivity contribution < 1.29 is 17.5 Å². The summed E-state index contributed by atoms with van der Waals surface area (Å²) in [6.45, 7) is 0. The Morgan fingerprint density at radius 2 is 1.77 bits per heavy atom. The molecule has 0 radical (unpaired) electrons. The number of nitrogens with zero attached hydrogens (tertiary/aromatic N) is 2. The van der Waals surface area contributed by atoms with Gasteiger partial charge in [0.15, 0.2) is 4.90 Å². The molecule has 1 aromatic heterocycles. The Labute approximate surface area is 124 Å². The number of benzene rings is 2. The highest BCUT2D eigenvalue weighted by molar-refractivity contribution is 7.87. The molecule has 8 nitrogen and oxygen atoms in total. The van der Waals surface area contributed by atoms with Crippen LogP contribution in [0, 0.1) is 10.1 Å². The number of nitrogens with one attached hydrogen (secondary N) is 1. The summed E-state index contributed by atoms with van der Waals surface area (Å²) in [5.41, 5.74) is 0.559. The molecule has 22 heavy (non-hydrogen) atoms. The number of imidazole rings is 1. The minimum absolute atomic E-state index is 0.251. The van der Waals surface area contributed by atoms with Gasteiger partial charge in [0.25, 0.3) is 5.69 Å². The van der Waals surface area contributed by atoms with Gasteiger partial charge in [0.2, 0.25) is 0 Å². The maximum atomic E-state index is 12.2. The zero-order chi connectivity index (χ0) is 15.7. The smallest absolute Gasteiger partial charge is 0.341 e. The molecule has 0 aliphatic carbocycles. The first-order valence-corrected chi connectivity index (χ1v) is 7.51. The fourth-order valence-electron chi connectivity index (χ4n) is 1.94. The van der Waals surface area contributed by atoms with Crippen LogP contribution in [0.4, 0.5) is 5.69 Å². The maximum Gasteiger partial charge on any atom is 0.348 e. The molecule has 0 spiro atoms. The Kier molecular flexibility index (Phi) is 3.26. The summed E-state index contributed by atoms with van der Waals surface area (Å²) in [7, 11) is -4.37. The number of nitro groups is 1.